The van der Waals surface area contributed by atoms with Gasteiger partial charge in [-0.25, -0.2) is 0 Å². The molecule has 0 N–H and O–H groups in total. The van der Waals surface area contributed by atoms with Gasteiger partial charge in [0.2, 0.25) is 0 Å². The Labute approximate surface area is 295 Å². The van der Waals surface area contributed by atoms with Crippen molar-refractivity contribution in [2.24, 2.45) is 0 Å². The molecule has 3 heteroatoms. The monoisotopic (exact) mass is 666 g/mol. The van der Waals surface area contributed by atoms with Crippen LogP contribution >= 0.6 is 0 Å². The van der Waals surface area contributed by atoms with Gasteiger partial charge in [-0.15, -0.1) is 4.79 Å². The minimum atomic E-state index is 0. The van der Waals surface area contributed by atoms with Crippen molar-refractivity contribution < 1.29 is 21.3 Å². The Balaban J connectivity index is 0.000000599. The van der Waals surface area contributed by atoms with E-state index in [2.05, 4.69) is 125 Å². The van der Waals surface area contributed by atoms with Crippen LogP contribution < -0.4 is 0 Å². The second-order valence-electron chi connectivity index (χ2n) is 11.4. The van der Waals surface area contributed by atoms with E-state index in [9.17, 15) is 5.53 Å². The number of unbranched alkanes of at least 4 members (excludes halogenated alkanes) is 2. The molecule has 2 nitrogen and oxygen atoms in total. The molecule has 0 saturated carbocycles. The van der Waals surface area contributed by atoms with E-state index in [1.165, 1.54) is 44.5 Å². The Morgan fingerprint density at radius 2 is 1.19 bits per heavy atom. The van der Waals surface area contributed by atoms with Gasteiger partial charge >= 0.3 is 22.4 Å². The number of hydrogen-bond donors (Lipinski definition) is 0. The number of allylic oxidation sites excluding steroid dienone is 3. The molecule has 0 bridgehead atoms. The number of hydrogen-bond acceptors (Lipinski definition) is 0. The van der Waals surface area contributed by atoms with Crippen molar-refractivity contribution in [1.29, 1.82) is 0 Å². The van der Waals surface area contributed by atoms with Crippen LogP contribution in [0.2, 0.25) is 0 Å². The molecule has 0 aliphatic heterocycles. The third kappa shape index (κ3) is 15.9. The van der Waals surface area contributed by atoms with Gasteiger partial charge in [-0.05, 0) is 71.9 Å². The Bertz CT molecular complexity index is 1500. The zero-order chi connectivity index (χ0) is 33.4. The Kier molecular flexibility index (Phi) is 22.0. The molecular formula is C44H52N2Ni. The molecule has 0 amide bonds. The summed E-state index contributed by atoms with van der Waals surface area (Å²) in [5.41, 5.74) is 20.4. The SMILES string of the molecule is CCC=Cc1ccc(C(=C(CCCC)C(=C=[N+]=[N-])CCCC)c2ccc(CC)cc2)cc1.Cc1cc[c-]cc1.Cc1cc[c-]cc1.[Ni+2]. The predicted molar refractivity (Wildman–Crippen MR) is 199 cm³/mol. The largest absolute Gasteiger partial charge is 2.00 e. The van der Waals surface area contributed by atoms with E-state index in [0.717, 1.165) is 56.9 Å². The van der Waals surface area contributed by atoms with Crippen molar-refractivity contribution in [3.8, 4) is 0 Å². The first-order valence-corrected chi connectivity index (χ1v) is 16.9. The summed E-state index contributed by atoms with van der Waals surface area (Å²) in [4.78, 5) is 3.33. The molecule has 4 aromatic rings. The second-order valence-corrected chi connectivity index (χ2v) is 11.4. The molecule has 0 aromatic heterocycles. The van der Waals surface area contributed by atoms with Gasteiger partial charge in [0.05, 0.1) is 5.57 Å². The maximum absolute atomic E-state index is 9.38. The summed E-state index contributed by atoms with van der Waals surface area (Å²) < 4.78 is 0. The van der Waals surface area contributed by atoms with Gasteiger partial charge in [0, 0.05) is 0 Å². The van der Waals surface area contributed by atoms with Crippen molar-refractivity contribution in [2.45, 2.75) is 92.9 Å². The van der Waals surface area contributed by atoms with Crippen LogP contribution in [0.3, 0.4) is 0 Å². The number of nitrogens with zero attached hydrogens (tertiary/aromatic N) is 2. The summed E-state index contributed by atoms with van der Waals surface area (Å²) in [7, 11) is 0. The van der Waals surface area contributed by atoms with E-state index in [0.29, 0.717) is 0 Å². The van der Waals surface area contributed by atoms with Crippen LogP contribution in [-0.2, 0) is 22.9 Å². The average Bonchev–Trinajstić information content (AvgIpc) is 3.09. The first-order valence-electron chi connectivity index (χ1n) is 16.9. The summed E-state index contributed by atoms with van der Waals surface area (Å²) in [5, 5.41) is 0. The molecular weight excluding hydrogens is 615 g/mol. The Hall–Kier alpha value is -3.99. The van der Waals surface area contributed by atoms with Crippen LogP contribution in [0.5, 0.6) is 0 Å². The predicted octanol–water partition coefficient (Wildman–Crippen LogP) is 12.3. The van der Waals surface area contributed by atoms with Gasteiger partial charge in [-0.2, -0.15) is 71.8 Å². The summed E-state index contributed by atoms with van der Waals surface area (Å²) in [6, 6.07) is 39.4. The number of aryl methyl sites for hydroxylation is 3. The zero-order valence-corrected chi connectivity index (χ0v) is 30.2. The summed E-state index contributed by atoms with van der Waals surface area (Å²) in [5.74, 6) is 2.94. The summed E-state index contributed by atoms with van der Waals surface area (Å²) in [6.45, 7) is 12.9. The smallest absolute Gasteiger partial charge is 0.348 e. The topological polar surface area (TPSA) is 36.4 Å². The molecule has 0 aliphatic carbocycles. The molecule has 0 spiro atoms. The first-order chi connectivity index (χ1) is 22.5. The molecule has 0 unspecified atom stereocenters. The molecule has 0 aliphatic rings. The van der Waals surface area contributed by atoms with Gasteiger partial charge in [-0.3, -0.25) is 0 Å². The second kappa shape index (κ2) is 25.1. The van der Waals surface area contributed by atoms with E-state index in [-0.39, 0.29) is 16.5 Å². The molecule has 4 aromatic carbocycles. The average molecular weight is 668 g/mol. The molecule has 0 saturated heterocycles. The van der Waals surface area contributed by atoms with Crippen LogP contribution in [0.25, 0.3) is 17.2 Å². The van der Waals surface area contributed by atoms with E-state index in [1.54, 1.807) is 0 Å². The molecule has 0 atom stereocenters. The van der Waals surface area contributed by atoms with Crippen LogP contribution in [0.15, 0.2) is 114 Å². The van der Waals surface area contributed by atoms with Gasteiger partial charge in [-0.1, -0.05) is 115 Å². The quantitative estimate of drug-likeness (QED) is 0.0360. The zero-order valence-electron chi connectivity index (χ0n) is 29.3. The number of rotatable bonds is 12. The van der Waals surface area contributed by atoms with Crippen LogP contribution in [0.4, 0.5) is 0 Å². The van der Waals surface area contributed by atoms with Crippen molar-refractivity contribution in [2.75, 3.05) is 0 Å². The van der Waals surface area contributed by atoms with Crippen LogP contribution in [-0.4, -0.2) is 10.7 Å². The molecule has 0 radical (unpaired) electrons. The molecule has 0 fully saturated rings. The van der Waals surface area contributed by atoms with Gasteiger partial charge in [0.1, 0.15) is 0 Å². The van der Waals surface area contributed by atoms with Gasteiger partial charge < -0.3 is 5.53 Å². The Morgan fingerprint density at radius 3 is 1.60 bits per heavy atom. The summed E-state index contributed by atoms with van der Waals surface area (Å²) in [6.07, 6.45) is 12.6. The van der Waals surface area contributed by atoms with E-state index in [1.807, 2.05) is 48.5 Å². The fourth-order valence-electron chi connectivity index (χ4n) is 4.85. The van der Waals surface area contributed by atoms with Crippen LogP contribution in [0.1, 0.15) is 106 Å². The molecule has 248 valence electrons. The fourth-order valence-corrected chi connectivity index (χ4v) is 4.85. The van der Waals surface area contributed by atoms with Crippen molar-refractivity contribution in [1.82, 2.24) is 0 Å². The van der Waals surface area contributed by atoms with Crippen molar-refractivity contribution >= 4 is 17.5 Å². The van der Waals surface area contributed by atoms with E-state index >= 15 is 0 Å². The maximum Gasteiger partial charge on any atom is 2.00 e. The normalized spacial score (nSPS) is 10.6. The molecule has 47 heavy (non-hydrogen) atoms. The van der Waals surface area contributed by atoms with Crippen molar-refractivity contribution in [3.63, 3.8) is 0 Å². The maximum atomic E-state index is 9.38. The minimum absolute atomic E-state index is 0. The first kappa shape index (κ1) is 41.0. The standard InChI is InChI=1S/C30H38N2.2C7H7.Ni/c1-5-9-12-25-17-21-27(22-18-25)30(26-19-15-24(8-4)16-20-26)29(14-11-7-3)28(23-32-31)13-10-6-2;2*1-7-5-3-2-4-6-7;/h9,12,15-22H,5-8,10-11,13-14H2,1-4H3;2*3-6H,1H3;/q;2*-1;+2. The Morgan fingerprint density at radius 1 is 0.702 bits per heavy atom. The minimum Gasteiger partial charge on any atom is -0.348 e. The van der Waals surface area contributed by atoms with E-state index < -0.39 is 0 Å². The van der Waals surface area contributed by atoms with Gasteiger partial charge in [0.25, 0.3) is 0 Å². The summed E-state index contributed by atoms with van der Waals surface area (Å²) >= 11 is 0. The van der Waals surface area contributed by atoms with E-state index in [4.69, 9.17) is 0 Å². The van der Waals surface area contributed by atoms with Crippen molar-refractivity contribution in [3.05, 3.63) is 165 Å². The number of benzene rings is 4. The third-order valence-electron chi connectivity index (χ3n) is 7.58. The fraction of sp³-hybridized carbons (Fsp3) is 0.318. The molecule has 0 heterocycles. The van der Waals surface area contributed by atoms with Gasteiger partial charge in [0.15, 0.2) is 0 Å². The van der Waals surface area contributed by atoms with Crippen LogP contribution in [0, 0.1) is 26.0 Å². The molecule has 4 rings (SSSR count). The third-order valence-corrected chi connectivity index (χ3v) is 7.58.